The standard InChI is InChI=1S/C10H21NO3S/c1-10(13,5-6-14-2)8-11-9(12)4-7-15-3/h13H,4-8H2,1-3H3,(H,11,12). The minimum atomic E-state index is -0.884. The number of carbonyl (C=O) groups excluding carboxylic acids is 1. The number of nitrogens with one attached hydrogen (secondary N) is 1. The molecule has 15 heavy (non-hydrogen) atoms. The third-order valence-electron chi connectivity index (χ3n) is 2.04. The van der Waals surface area contributed by atoms with Gasteiger partial charge in [-0.2, -0.15) is 11.8 Å². The zero-order chi connectivity index (χ0) is 11.7. The molecule has 0 aliphatic carbocycles. The van der Waals surface area contributed by atoms with E-state index >= 15 is 0 Å². The van der Waals surface area contributed by atoms with Crippen molar-refractivity contribution in [3.63, 3.8) is 0 Å². The van der Waals surface area contributed by atoms with Gasteiger partial charge in [-0.05, 0) is 13.2 Å². The Balaban J connectivity index is 3.67. The first-order valence-corrected chi connectivity index (χ1v) is 6.38. The van der Waals surface area contributed by atoms with E-state index in [-0.39, 0.29) is 12.5 Å². The van der Waals surface area contributed by atoms with Crippen LogP contribution in [0.1, 0.15) is 19.8 Å². The van der Waals surface area contributed by atoms with Crippen molar-refractivity contribution in [2.24, 2.45) is 0 Å². The van der Waals surface area contributed by atoms with Crippen LogP contribution in [-0.2, 0) is 9.53 Å². The Morgan fingerprint density at radius 2 is 2.27 bits per heavy atom. The van der Waals surface area contributed by atoms with Gasteiger partial charge in [0.25, 0.3) is 0 Å². The number of thioether (sulfide) groups is 1. The molecule has 0 aliphatic heterocycles. The molecule has 1 amide bonds. The van der Waals surface area contributed by atoms with E-state index in [1.54, 1.807) is 25.8 Å². The quantitative estimate of drug-likeness (QED) is 0.648. The van der Waals surface area contributed by atoms with Crippen LogP contribution in [0.5, 0.6) is 0 Å². The molecule has 0 spiro atoms. The highest BCUT2D eigenvalue weighted by Gasteiger charge is 2.20. The molecule has 0 radical (unpaired) electrons. The van der Waals surface area contributed by atoms with E-state index in [9.17, 15) is 9.90 Å². The normalized spacial score (nSPS) is 14.7. The van der Waals surface area contributed by atoms with Gasteiger partial charge in [-0.25, -0.2) is 0 Å². The number of amides is 1. The van der Waals surface area contributed by atoms with Crippen LogP contribution in [0.4, 0.5) is 0 Å². The van der Waals surface area contributed by atoms with Crippen molar-refractivity contribution in [3.05, 3.63) is 0 Å². The molecule has 5 heteroatoms. The molecule has 4 nitrogen and oxygen atoms in total. The summed E-state index contributed by atoms with van der Waals surface area (Å²) in [7, 11) is 1.59. The smallest absolute Gasteiger partial charge is 0.220 e. The first-order chi connectivity index (χ1) is 7.02. The van der Waals surface area contributed by atoms with Crippen LogP contribution in [0.3, 0.4) is 0 Å². The summed E-state index contributed by atoms with van der Waals surface area (Å²) in [6.45, 7) is 2.47. The number of methoxy groups -OCH3 is 1. The highest BCUT2D eigenvalue weighted by molar-refractivity contribution is 7.98. The van der Waals surface area contributed by atoms with Gasteiger partial charge >= 0.3 is 0 Å². The number of aliphatic hydroxyl groups is 1. The number of rotatable bonds is 8. The first kappa shape index (κ1) is 14.7. The maximum atomic E-state index is 11.3. The predicted octanol–water partition coefficient (Wildman–Crippen LogP) is 0.643. The molecular formula is C10H21NO3S. The molecule has 0 bridgehead atoms. The average molecular weight is 235 g/mol. The van der Waals surface area contributed by atoms with Gasteiger partial charge in [0.2, 0.25) is 5.91 Å². The first-order valence-electron chi connectivity index (χ1n) is 4.99. The summed E-state index contributed by atoms with van der Waals surface area (Å²) in [4.78, 5) is 11.3. The van der Waals surface area contributed by atoms with Gasteiger partial charge in [0.1, 0.15) is 0 Å². The van der Waals surface area contributed by atoms with Crippen molar-refractivity contribution in [2.45, 2.75) is 25.4 Å². The maximum absolute atomic E-state index is 11.3. The fraction of sp³-hybridized carbons (Fsp3) is 0.900. The zero-order valence-electron chi connectivity index (χ0n) is 9.71. The molecule has 0 aromatic carbocycles. The van der Waals surface area contributed by atoms with Crippen LogP contribution >= 0.6 is 11.8 Å². The summed E-state index contributed by atoms with van der Waals surface area (Å²) in [5.41, 5.74) is -0.884. The number of hydrogen-bond donors (Lipinski definition) is 2. The van der Waals surface area contributed by atoms with Crippen molar-refractivity contribution < 1.29 is 14.6 Å². The van der Waals surface area contributed by atoms with Gasteiger partial charge in [0.05, 0.1) is 5.60 Å². The van der Waals surface area contributed by atoms with Gasteiger partial charge in [0.15, 0.2) is 0 Å². The average Bonchev–Trinajstić information content (AvgIpc) is 2.21. The molecule has 0 heterocycles. The predicted molar refractivity (Wildman–Crippen MR) is 63.1 cm³/mol. The lowest BCUT2D eigenvalue weighted by Crippen LogP contribution is -2.41. The highest BCUT2D eigenvalue weighted by Crippen LogP contribution is 2.07. The second-order valence-electron chi connectivity index (χ2n) is 3.76. The SMILES string of the molecule is COCCC(C)(O)CNC(=O)CCSC. The molecule has 1 unspecified atom stereocenters. The van der Waals surface area contributed by atoms with E-state index in [1.165, 1.54) is 0 Å². The molecule has 0 rings (SSSR count). The zero-order valence-corrected chi connectivity index (χ0v) is 10.5. The molecule has 0 aromatic rings. The number of hydrogen-bond acceptors (Lipinski definition) is 4. The fourth-order valence-corrected chi connectivity index (χ4v) is 1.37. The van der Waals surface area contributed by atoms with E-state index in [4.69, 9.17) is 4.74 Å². The van der Waals surface area contributed by atoms with Crippen LogP contribution in [0.2, 0.25) is 0 Å². The Hall–Kier alpha value is -0.260. The van der Waals surface area contributed by atoms with Crippen LogP contribution in [0.25, 0.3) is 0 Å². The summed E-state index contributed by atoms with van der Waals surface area (Å²) >= 11 is 1.63. The lowest BCUT2D eigenvalue weighted by molar-refractivity contribution is -0.122. The summed E-state index contributed by atoms with van der Waals surface area (Å²) in [5.74, 6) is 0.800. The summed E-state index contributed by atoms with van der Waals surface area (Å²) in [6, 6.07) is 0. The number of carbonyl (C=O) groups is 1. The summed E-state index contributed by atoms with van der Waals surface area (Å²) in [6.07, 6.45) is 2.98. The maximum Gasteiger partial charge on any atom is 0.220 e. The molecule has 0 saturated carbocycles. The van der Waals surface area contributed by atoms with Gasteiger partial charge in [-0.3, -0.25) is 4.79 Å². The van der Waals surface area contributed by atoms with Gasteiger partial charge in [-0.15, -0.1) is 0 Å². The monoisotopic (exact) mass is 235 g/mol. The highest BCUT2D eigenvalue weighted by atomic mass is 32.2. The van der Waals surface area contributed by atoms with E-state index in [1.807, 2.05) is 6.26 Å². The van der Waals surface area contributed by atoms with Gasteiger partial charge in [0, 0.05) is 38.9 Å². The lowest BCUT2D eigenvalue weighted by Gasteiger charge is -2.23. The van der Waals surface area contributed by atoms with Crippen LogP contribution in [0.15, 0.2) is 0 Å². The Morgan fingerprint density at radius 3 is 2.80 bits per heavy atom. The molecule has 2 N–H and O–H groups in total. The van der Waals surface area contributed by atoms with Crippen LogP contribution in [-0.4, -0.2) is 48.9 Å². The third-order valence-corrected chi connectivity index (χ3v) is 2.66. The molecule has 0 saturated heterocycles. The molecule has 0 fully saturated rings. The van der Waals surface area contributed by atoms with Crippen molar-refractivity contribution in [1.29, 1.82) is 0 Å². The largest absolute Gasteiger partial charge is 0.388 e. The van der Waals surface area contributed by atoms with E-state index in [0.717, 1.165) is 5.75 Å². The molecule has 1 atom stereocenters. The van der Waals surface area contributed by atoms with Gasteiger partial charge in [-0.1, -0.05) is 0 Å². The second-order valence-corrected chi connectivity index (χ2v) is 4.74. The Morgan fingerprint density at radius 1 is 1.60 bits per heavy atom. The second kappa shape index (κ2) is 7.96. The van der Waals surface area contributed by atoms with Crippen LogP contribution < -0.4 is 5.32 Å². The van der Waals surface area contributed by atoms with Crippen molar-refractivity contribution in [2.75, 3.05) is 32.3 Å². The fourth-order valence-electron chi connectivity index (χ4n) is 0.982. The summed E-state index contributed by atoms with van der Waals surface area (Å²) in [5, 5.41) is 12.5. The van der Waals surface area contributed by atoms with Crippen molar-refractivity contribution in [3.8, 4) is 0 Å². The third kappa shape index (κ3) is 8.72. The molecule has 0 aliphatic rings. The molecular weight excluding hydrogens is 214 g/mol. The van der Waals surface area contributed by atoms with Crippen LogP contribution in [0, 0.1) is 0 Å². The molecule has 0 aromatic heterocycles. The lowest BCUT2D eigenvalue weighted by atomic mass is 10.0. The topological polar surface area (TPSA) is 58.6 Å². The summed E-state index contributed by atoms with van der Waals surface area (Å²) < 4.78 is 4.87. The Bertz CT molecular complexity index is 186. The minimum Gasteiger partial charge on any atom is -0.388 e. The Labute approximate surface area is 95.8 Å². The van der Waals surface area contributed by atoms with Crippen molar-refractivity contribution in [1.82, 2.24) is 5.32 Å². The van der Waals surface area contributed by atoms with E-state index in [2.05, 4.69) is 5.32 Å². The number of ether oxygens (including phenoxy) is 1. The van der Waals surface area contributed by atoms with Crippen molar-refractivity contribution >= 4 is 17.7 Å². The Kier molecular flexibility index (Phi) is 7.82. The van der Waals surface area contributed by atoms with E-state index in [0.29, 0.717) is 19.4 Å². The van der Waals surface area contributed by atoms with Gasteiger partial charge < -0.3 is 15.2 Å². The molecule has 90 valence electrons. The van der Waals surface area contributed by atoms with E-state index < -0.39 is 5.60 Å². The minimum absolute atomic E-state index is 0.0120.